The fraction of sp³-hybridized carbons (Fsp3) is 0.568. The van der Waals surface area contributed by atoms with Crippen LogP contribution in [0.15, 0.2) is 29.3 Å². The Morgan fingerprint density at radius 2 is 0.936 bits per heavy atom. The van der Waals surface area contributed by atoms with Crippen LogP contribution in [-0.2, 0) is 64.0 Å². The summed E-state index contributed by atoms with van der Waals surface area (Å²) >= 11 is 4.05. The Hall–Kier alpha value is -7.92. The number of aliphatic imine (C=N–C) groups is 1. The Bertz CT molecular complexity index is 2280. The molecule has 436 valence electrons. The molecule has 10 atom stereocenters. The first-order valence-corrected chi connectivity index (χ1v) is 24.6. The first kappa shape index (κ1) is 68.1. The largest absolute Gasteiger partial charge is 0.508 e. The number of aliphatic hydroxyl groups is 3. The number of carboxylic acids is 1. The molecule has 11 amide bonds. The molecule has 0 saturated carbocycles. The number of hydrogen-bond donors (Lipinski definition) is 21. The Morgan fingerprint density at radius 1 is 0.526 bits per heavy atom. The number of nitrogens with zero attached hydrogens (tertiary/aromatic N) is 1. The van der Waals surface area contributed by atoms with Crippen LogP contribution >= 0.6 is 12.6 Å². The summed E-state index contributed by atoms with van der Waals surface area (Å²) in [5.41, 5.74) is 32.8. The van der Waals surface area contributed by atoms with Crippen molar-refractivity contribution in [3.8, 4) is 5.75 Å². The minimum Gasteiger partial charge on any atom is -0.508 e. The van der Waals surface area contributed by atoms with Crippen molar-refractivity contribution in [3.05, 3.63) is 29.8 Å². The zero-order valence-electron chi connectivity index (χ0n) is 42.5. The summed E-state index contributed by atoms with van der Waals surface area (Å²) in [7, 11) is 0. The van der Waals surface area contributed by atoms with Crippen LogP contribution in [0, 0.1) is 0 Å². The lowest BCUT2D eigenvalue weighted by atomic mass is 10.0. The topological polar surface area (TPSA) is 583 Å². The average Bonchev–Trinajstić information content (AvgIpc) is 3.37. The molecule has 0 bridgehead atoms. The number of phenols is 1. The fourth-order valence-electron chi connectivity index (χ4n) is 6.67. The molecule has 78 heavy (non-hydrogen) atoms. The molecular weight excluding hydrogens is 1060 g/mol. The molecule has 0 aliphatic rings. The second-order valence-corrected chi connectivity index (χ2v) is 17.7. The number of rotatable bonds is 37. The number of aromatic hydroxyl groups is 1. The van der Waals surface area contributed by atoms with Gasteiger partial charge in [-0.15, -0.1) is 0 Å². The minimum absolute atomic E-state index is 0.0237. The van der Waals surface area contributed by atoms with Crippen molar-refractivity contribution < 1.29 is 83.1 Å². The van der Waals surface area contributed by atoms with Crippen molar-refractivity contribution in [3.63, 3.8) is 0 Å². The number of benzene rings is 1. The van der Waals surface area contributed by atoms with Gasteiger partial charge in [-0.05, 0) is 56.8 Å². The molecule has 0 unspecified atom stereocenters. The Labute approximate surface area is 451 Å². The summed E-state index contributed by atoms with van der Waals surface area (Å²) in [6.45, 7) is -1.91. The SMILES string of the molecule is C[C@H](NC(=O)[C@H](CS)NC(=O)[C@H](CO)NC(=O)[C@H](CC(N)=O)NC(=O)[C@@H](N)CCCCN)C(=O)N[C@@H](CO)C(=O)N[C@@H](CCCN=C(N)N)C(=O)N[C@@H](CO)C(=O)N[C@@H](Cc1ccc(O)cc1)C(=O)N[C@@H](CC(N)=O)C(=O)O. The number of thiol groups is 1. The van der Waals surface area contributed by atoms with E-state index in [-0.39, 0.29) is 43.9 Å². The number of unbranched alkanes of at least 4 members (excludes halogenated alkanes) is 1. The van der Waals surface area contributed by atoms with E-state index < -0.39 is 170 Å². The smallest absolute Gasteiger partial charge is 0.326 e. The standard InChI is InChI=1S/C44H72N16O17S/c1-20(52-42(75)31(19-78)60-41(74)30(18-63)59-38(71)26(14-32(47)65)54-35(68)23(46)5-2-3-11-45)34(67)57-28(16-61)39(72)53-24(6-4-12-51-44(49)50)36(69)58-29(17-62)40(73)55-25(13-21-7-9-22(64)10-8-21)37(70)56-27(43(76)77)15-33(48)66/h7-10,20,23-31,61-64,78H,2-6,11-19,45-46H2,1H3,(H2,47,65)(H2,48,66)(H,52,75)(H,53,72)(H,54,68)(H,55,73)(H,56,70)(H,57,67)(H,58,69)(H,59,71)(H,60,74)(H,76,77)(H4,49,50,51)/t20-,23-,24-,25-,26-,27-,28-,29-,30-,31-/m0/s1. The van der Waals surface area contributed by atoms with E-state index in [2.05, 4.69) is 65.5 Å². The molecule has 0 aromatic heterocycles. The van der Waals surface area contributed by atoms with E-state index in [1.54, 1.807) is 0 Å². The molecule has 33 nitrogen and oxygen atoms in total. The number of phenolic OH excluding ortho intramolecular Hbond substituents is 1. The van der Waals surface area contributed by atoms with Crippen molar-refractivity contribution in [1.29, 1.82) is 0 Å². The van der Waals surface area contributed by atoms with Crippen molar-refractivity contribution in [2.45, 2.75) is 119 Å². The van der Waals surface area contributed by atoms with Crippen LogP contribution < -0.4 is 82.3 Å². The average molecular weight is 1130 g/mol. The summed E-state index contributed by atoms with van der Waals surface area (Å²) in [6.07, 6.45) is -0.997. The molecule has 1 rings (SSSR count). The van der Waals surface area contributed by atoms with E-state index in [0.717, 1.165) is 6.92 Å². The third kappa shape index (κ3) is 25.3. The number of carbonyl (C=O) groups is 12. The second kappa shape index (κ2) is 35.4. The Morgan fingerprint density at radius 3 is 1.41 bits per heavy atom. The van der Waals surface area contributed by atoms with Gasteiger partial charge in [-0.1, -0.05) is 18.6 Å². The first-order chi connectivity index (χ1) is 36.7. The number of aliphatic carboxylic acids is 1. The number of aliphatic hydroxyl groups excluding tert-OH is 3. The molecule has 1 aromatic rings. The number of nitrogens with one attached hydrogen (secondary N) is 9. The number of hydrogen-bond acceptors (Lipinski definition) is 20. The maximum atomic E-state index is 13.7. The molecule has 0 fully saturated rings. The highest BCUT2D eigenvalue weighted by Gasteiger charge is 2.35. The van der Waals surface area contributed by atoms with Crippen LogP contribution in [0.25, 0.3) is 0 Å². The highest BCUT2D eigenvalue weighted by molar-refractivity contribution is 7.80. The normalized spacial score (nSPS) is 14.7. The lowest BCUT2D eigenvalue weighted by molar-refractivity contribution is -0.143. The van der Waals surface area contributed by atoms with Gasteiger partial charge in [-0.3, -0.25) is 57.7 Å². The molecule has 0 spiro atoms. The molecule has 0 radical (unpaired) electrons. The molecule has 0 aliphatic carbocycles. The zero-order chi connectivity index (χ0) is 59.2. The monoisotopic (exact) mass is 1130 g/mol. The van der Waals surface area contributed by atoms with Gasteiger partial charge >= 0.3 is 5.97 Å². The van der Waals surface area contributed by atoms with Gasteiger partial charge in [0.2, 0.25) is 65.0 Å². The van der Waals surface area contributed by atoms with E-state index >= 15 is 0 Å². The summed E-state index contributed by atoms with van der Waals surface area (Å²) in [5.74, 6) is -14.6. The Balaban J connectivity index is 3.20. The van der Waals surface area contributed by atoms with Crippen LogP contribution in [0.1, 0.15) is 57.4 Å². The summed E-state index contributed by atoms with van der Waals surface area (Å²) in [6, 6.07) is -11.2. The third-order valence-corrected chi connectivity index (χ3v) is 11.3. The number of primary amides is 2. The van der Waals surface area contributed by atoms with E-state index in [9.17, 15) is 83.1 Å². The van der Waals surface area contributed by atoms with Gasteiger partial charge in [-0.2, -0.15) is 12.6 Å². The molecule has 26 N–H and O–H groups in total. The van der Waals surface area contributed by atoms with Gasteiger partial charge in [0, 0.05) is 18.7 Å². The number of amides is 11. The minimum atomic E-state index is -1.87. The zero-order valence-corrected chi connectivity index (χ0v) is 43.4. The summed E-state index contributed by atoms with van der Waals surface area (Å²) in [4.78, 5) is 158. The lowest BCUT2D eigenvalue weighted by Gasteiger charge is -2.26. The van der Waals surface area contributed by atoms with Gasteiger partial charge in [0.05, 0.1) is 38.7 Å². The van der Waals surface area contributed by atoms with Crippen LogP contribution in [-0.4, -0.2) is 202 Å². The van der Waals surface area contributed by atoms with E-state index in [0.29, 0.717) is 24.9 Å². The van der Waals surface area contributed by atoms with E-state index in [4.69, 9.17) is 34.4 Å². The number of carbonyl (C=O) groups excluding carboxylic acids is 11. The highest BCUT2D eigenvalue weighted by Crippen LogP contribution is 2.13. The third-order valence-electron chi connectivity index (χ3n) is 11.0. The summed E-state index contributed by atoms with van der Waals surface area (Å²) < 4.78 is 0. The van der Waals surface area contributed by atoms with Gasteiger partial charge in [0.15, 0.2) is 5.96 Å². The van der Waals surface area contributed by atoms with E-state index in [1.165, 1.54) is 24.3 Å². The fourth-order valence-corrected chi connectivity index (χ4v) is 6.92. The summed E-state index contributed by atoms with van der Waals surface area (Å²) in [5, 5.41) is 69.5. The van der Waals surface area contributed by atoms with Gasteiger partial charge in [-0.25, -0.2) is 4.79 Å². The van der Waals surface area contributed by atoms with Crippen molar-refractivity contribution >= 4 is 89.5 Å². The maximum Gasteiger partial charge on any atom is 0.326 e. The molecule has 34 heteroatoms. The van der Waals surface area contributed by atoms with Crippen LogP contribution in [0.3, 0.4) is 0 Å². The number of guanidine groups is 1. The molecular formula is C44H72N16O17S. The quantitative estimate of drug-likeness (QED) is 0.0127. The maximum absolute atomic E-state index is 13.7. The second-order valence-electron chi connectivity index (χ2n) is 17.3. The van der Waals surface area contributed by atoms with Gasteiger partial charge in [0.1, 0.15) is 60.1 Å². The number of nitrogens with two attached hydrogens (primary N) is 6. The number of carboxylic acid groups (broad SMARTS) is 1. The van der Waals surface area contributed by atoms with Gasteiger partial charge < -0.3 is 108 Å². The first-order valence-electron chi connectivity index (χ1n) is 24.0. The highest BCUT2D eigenvalue weighted by atomic mass is 32.1. The van der Waals surface area contributed by atoms with Crippen LogP contribution in [0.5, 0.6) is 5.75 Å². The predicted octanol–water partition coefficient (Wildman–Crippen LogP) is -10.4. The molecule has 0 heterocycles. The van der Waals surface area contributed by atoms with Crippen LogP contribution in [0.4, 0.5) is 0 Å². The van der Waals surface area contributed by atoms with Crippen molar-refractivity contribution in [1.82, 2.24) is 47.9 Å². The Kier molecular flexibility index (Phi) is 30.9. The lowest BCUT2D eigenvalue weighted by Crippen LogP contribution is -2.61. The predicted molar refractivity (Wildman–Crippen MR) is 276 cm³/mol. The van der Waals surface area contributed by atoms with Crippen molar-refractivity contribution in [2.75, 3.05) is 38.7 Å². The van der Waals surface area contributed by atoms with Crippen molar-refractivity contribution in [2.24, 2.45) is 39.4 Å². The molecule has 1 aromatic carbocycles. The van der Waals surface area contributed by atoms with Gasteiger partial charge in [0.25, 0.3) is 0 Å². The molecule has 0 aliphatic heterocycles. The van der Waals surface area contributed by atoms with E-state index in [1.807, 2.05) is 0 Å². The van der Waals surface area contributed by atoms with Crippen LogP contribution in [0.2, 0.25) is 0 Å². The molecule has 0 saturated heterocycles.